The molecule has 1 atom stereocenters. The van der Waals surface area contributed by atoms with Crippen molar-refractivity contribution in [2.45, 2.75) is 33.5 Å². The Balaban J connectivity index is 1.75. The van der Waals surface area contributed by atoms with Crippen LogP contribution in [0.15, 0.2) is 88.3 Å². The number of rotatable bonds is 13. The van der Waals surface area contributed by atoms with Crippen molar-refractivity contribution in [2.75, 3.05) is 20.8 Å². The van der Waals surface area contributed by atoms with Gasteiger partial charge in [0.25, 0.3) is 0 Å². The number of esters is 1. The van der Waals surface area contributed by atoms with E-state index < -0.39 is 5.97 Å². The Morgan fingerprint density at radius 3 is 2.23 bits per heavy atom. The van der Waals surface area contributed by atoms with Gasteiger partial charge in [-0.05, 0) is 62.7 Å². The van der Waals surface area contributed by atoms with Gasteiger partial charge in [0.1, 0.15) is 43.6 Å². The van der Waals surface area contributed by atoms with Crippen molar-refractivity contribution in [3.8, 4) is 5.75 Å². The first-order valence-corrected chi connectivity index (χ1v) is 12.9. The molecule has 10 heteroatoms. The van der Waals surface area contributed by atoms with Crippen LogP contribution in [0.3, 0.4) is 0 Å². The molecular formula is C30H32ClN3O6. The van der Waals surface area contributed by atoms with Gasteiger partial charge < -0.3 is 24.0 Å². The molecule has 0 heterocycles. The number of hydrogen-bond acceptors (Lipinski definition) is 9. The van der Waals surface area contributed by atoms with Crippen LogP contribution in [0.5, 0.6) is 5.75 Å². The minimum Gasteiger partial charge on any atom is -0.486 e. The molecular weight excluding hydrogens is 534 g/mol. The molecule has 0 saturated carbocycles. The van der Waals surface area contributed by atoms with Gasteiger partial charge in [-0.25, -0.2) is 4.79 Å². The minimum absolute atomic E-state index is 0.0242. The number of methoxy groups -OCH3 is 1. The van der Waals surface area contributed by atoms with Crippen LogP contribution in [0.25, 0.3) is 0 Å². The van der Waals surface area contributed by atoms with E-state index in [1.165, 1.54) is 14.2 Å². The fourth-order valence-corrected chi connectivity index (χ4v) is 3.78. The summed E-state index contributed by atoms with van der Waals surface area (Å²) in [6.07, 6.45) is -0.159. The Morgan fingerprint density at radius 1 is 0.875 bits per heavy atom. The largest absolute Gasteiger partial charge is 0.486 e. The van der Waals surface area contributed by atoms with Crippen molar-refractivity contribution < 1.29 is 28.8 Å². The average Bonchev–Trinajstić information content (AvgIpc) is 2.97. The van der Waals surface area contributed by atoms with E-state index in [2.05, 4.69) is 15.5 Å². The van der Waals surface area contributed by atoms with Crippen molar-refractivity contribution in [2.24, 2.45) is 15.5 Å². The second-order valence-corrected chi connectivity index (χ2v) is 8.85. The molecule has 9 nitrogen and oxygen atoms in total. The summed E-state index contributed by atoms with van der Waals surface area (Å²) in [6, 6.07) is 22.1. The molecule has 1 unspecified atom stereocenters. The smallest absolute Gasteiger partial charge is 0.360 e. The first-order chi connectivity index (χ1) is 19.4. The summed E-state index contributed by atoms with van der Waals surface area (Å²) < 4.78 is 10.9. The first kappa shape index (κ1) is 30.2. The van der Waals surface area contributed by atoms with Crippen molar-refractivity contribution in [3.05, 3.63) is 100 Å². The standard InChI is InChI=1S/C30H32ClN3O6/c1-6-38-34-28(23-13-17-26(18-14-23)40-21(3)22-11-15-25(31)16-12-22)20(2)32-39-19-24-9-7-8-10-27(24)29(33-37-5)30(35)36-4/h7-18,21H,6,19H2,1-5H3. The summed E-state index contributed by atoms with van der Waals surface area (Å²) in [5.74, 6) is 0.0682. The normalized spacial score (nSPS) is 12.9. The lowest BCUT2D eigenvalue weighted by Gasteiger charge is -2.15. The summed E-state index contributed by atoms with van der Waals surface area (Å²) in [5, 5.41) is 13.0. The number of carbonyl (C=O) groups excluding carboxylic acids is 1. The molecule has 0 aliphatic heterocycles. The highest BCUT2D eigenvalue weighted by atomic mass is 35.5. The van der Waals surface area contributed by atoms with Crippen LogP contribution in [-0.2, 0) is 30.7 Å². The third-order valence-corrected chi connectivity index (χ3v) is 5.91. The molecule has 3 aromatic carbocycles. The summed E-state index contributed by atoms with van der Waals surface area (Å²) >= 11 is 5.99. The summed E-state index contributed by atoms with van der Waals surface area (Å²) in [4.78, 5) is 28.0. The van der Waals surface area contributed by atoms with Gasteiger partial charge in [0.15, 0.2) is 5.71 Å². The molecule has 0 N–H and O–H groups in total. The highest BCUT2D eigenvalue weighted by molar-refractivity contribution is 6.47. The van der Waals surface area contributed by atoms with Crippen LogP contribution in [0.1, 0.15) is 49.1 Å². The zero-order chi connectivity index (χ0) is 28.9. The van der Waals surface area contributed by atoms with Gasteiger partial charge in [-0.15, -0.1) is 0 Å². The predicted octanol–water partition coefficient (Wildman–Crippen LogP) is 6.34. The molecule has 40 heavy (non-hydrogen) atoms. The van der Waals surface area contributed by atoms with Crippen LogP contribution in [0.4, 0.5) is 0 Å². The van der Waals surface area contributed by atoms with Crippen molar-refractivity contribution in [1.29, 1.82) is 0 Å². The van der Waals surface area contributed by atoms with Crippen LogP contribution in [-0.4, -0.2) is 43.9 Å². The molecule has 3 aromatic rings. The number of ether oxygens (including phenoxy) is 2. The Kier molecular flexibility index (Phi) is 11.5. The molecule has 0 radical (unpaired) electrons. The molecule has 0 aliphatic carbocycles. The zero-order valence-corrected chi connectivity index (χ0v) is 23.8. The van der Waals surface area contributed by atoms with Crippen molar-refractivity contribution in [1.82, 2.24) is 0 Å². The Bertz CT molecular complexity index is 1350. The number of oxime groups is 3. The molecule has 210 valence electrons. The van der Waals surface area contributed by atoms with E-state index in [1.54, 1.807) is 25.1 Å². The summed E-state index contributed by atoms with van der Waals surface area (Å²) in [5.41, 5.74) is 3.98. The summed E-state index contributed by atoms with van der Waals surface area (Å²) in [6.45, 7) is 6.03. The van der Waals surface area contributed by atoms with Crippen LogP contribution >= 0.6 is 11.6 Å². The van der Waals surface area contributed by atoms with E-state index in [-0.39, 0.29) is 18.4 Å². The fraction of sp³-hybridized carbons (Fsp3) is 0.267. The molecule has 0 amide bonds. The van der Waals surface area contributed by atoms with Gasteiger partial charge in [0, 0.05) is 21.7 Å². The highest BCUT2D eigenvalue weighted by Gasteiger charge is 2.19. The molecule has 0 aliphatic rings. The lowest BCUT2D eigenvalue weighted by Crippen LogP contribution is -2.19. The topological polar surface area (TPSA) is 100 Å². The minimum atomic E-state index is -0.630. The van der Waals surface area contributed by atoms with Gasteiger partial charge >= 0.3 is 5.97 Å². The van der Waals surface area contributed by atoms with Crippen molar-refractivity contribution >= 4 is 34.7 Å². The Hall–Kier alpha value is -4.37. The second-order valence-electron chi connectivity index (χ2n) is 8.42. The van der Waals surface area contributed by atoms with Gasteiger partial charge in [-0.3, -0.25) is 0 Å². The molecule has 0 saturated heterocycles. The molecule has 3 rings (SSSR count). The quantitative estimate of drug-likeness (QED) is 0.136. The predicted molar refractivity (Wildman–Crippen MR) is 155 cm³/mol. The second kappa shape index (κ2) is 15.3. The van der Waals surface area contributed by atoms with E-state index in [0.29, 0.717) is 39.9 Å². The summed E-state index contributed by atoms with van der Waals surface area (Å²) in [7, 11) is 2.63. The Morgan fingerprint density at radius 2 is 1.57 bits per heavy atom. The average molecular weight is 566 g/mol. The fourth-order valence-electron chi connectivity index (χ4n) is 3.66. The maximum Gasteiger partial charge on any atom is 0.360 e. The van der Waals surface area contributed by atoms with Crippen LogP contribution in [0, 0.1) is 0 Å². The van der Waals surface area contributed by atoms with Gasteiger partial charge in [-0.1, -0.05) is 63.5 Å². The molecule has 0 bridgehead atoms. The van der Waals surface area contributed by atoms with Crippen LogP contribution in [0.2, 0.25) is 5.02 Å². The first-order valence-electron chi connectivity index (χ1n) is 12.5. The van der Waals surface area contributed by atoms with Crippen molar-refractivity contribution in [3.63, 3.8) is 0 Å². The number of nitrogens with zero attached hydrogens (tertiary/aromatic N) is 3. The van der Waals surface area contributed by atoms with E-state index >= 15 is 0 Å². The van der Waals surface area contributed by atoms with Gasteiger partial charge in [-0.2, -0.15) is 0 Å². The van der Waals surface area contributed by atoms with E-state index in [4.69, 9.17) is 35.6 Å². The van der Waals surface area contributed by atoms with E-state index in [9.17, 15) is 4.79 Å². The van der Waals surface area contributed by atoms with E-state index in [0.717, 1.165) is 11.1 Å². The highest BCUT2D eigenvalue weighted by Crippen LogP contribution is 2.24. The molecule has 0 spiro atoms. The SMILES string of the molecule is CCON=C(C(C)=NOCc1ccccc1C(=NOC)C(=O)OC)c1ccc(OC(C)c2ccc(Cl)cc2)cc1. The lowest BCUT2D eigenvalue weighted by atomic mass is 10.0. The third kappa shape index (κ3) is 8.31. The zero-order valence-electron chi connectivity index (χ0n) is 23.1. The molecule has 0 aromatic heterocycles. The number of halogens is 1. The third-order valence-electron chi connectivity index (χ3n) is 5.66. The number of hydrogen-bond donors (Lipinski definition) is 0. The number of carbonyl (C=O) groups is 1. The maximum atomic E-state index is 12.2. The van der Waals surface area contributed by atoms with Gasteiger partial charge in [0.2, 0.25) is 0 Å². The van der Waals surface area contributed by atoms with E-state index in [1.807, 2.05) is 68.4 Å². The van der Waals surface area contributed by atoms with Crippen LogP contribution < -0.4 is 4.74 Å². The lowest BCUT2D eigenvalue weighted by molar-refractivity contribution is -0.132. The van der Waals surface area contributed by atoms with Gasteiger partial charge in [0.05, 0.1) is 7.11 Å². The maximum absolute atomic E-state index is 12.2. The molecule has 0 fully saturated rings. The monoisotopic (exact) mass is 565 g/mol. The number of benzene rings is 3. The Labute approximate surface area is 239 Å².